The molecule has 0 saturated carbocycles. The van der Waals surface area contributed by atoms with Gasteiger partial charge in [0.05, 0.1) is 6.54 Å². The van der Waals surface area contributed by atoms with Gasteiger partial charge in [0.15, 0.2) is 5.82 Å². The van der Waals surface area contributed by atoms with Gasteiger partial charge in [-0.1, -0.05) is 13.8 Å². The number of nitrogens with zero attached hydrogens (tertiary/aromatic N) is 4. The third-order valence-electron chi connectivity index (χ3n) is 2.49. The number of tetrazole rings is 1. The molecule has 1 N–H and O–H groups in total. The Morgan fingerprint density at radius 1 is 1.29 bits per heavy atom. The van der Waals surface area contributed by atoms with Crippen LogP contribution in [-0.2, 0) is 17.8 Å². The number of hydrogen-bond donors (Lipinski definition) is 1. The molecular formula is C11H23N5O. The first-order chi connectivity index (χ1) is 8.24. The highest BCUT2D eigenvalue weighted by atomic mass is 16.5. The van der Waals surface area contributed by atoms with Gasteiger partial charge in [0.1, 0.15) is 0 Å². The molecule has 0 saturated heterocycles. The molecule has 1 aromatic heterocycles. The minimum atomic E-state index is 0.446. The Labute approximate surface area is 103 Å². The van der Waals surface area contributed by atoms with Crippen molar-refractivity contribution in [2.45, 2.75) is 52.2 Å². The van der Waals surface area contributed by atoms with Crippen molar-refractivity contribution in [3.05, 3.63) is 5.82 Å². The van der Waals surface area contributed by atoms with Crippen LogP contribution in [0.25, 0.3) is 0 Å². The van der Waals surface area contributed by atoms with Crippen LogP contribution in [0.5, 0.6) is 0 Å². The lowest BCUT2D eigenvalue weighted by atomic mass is 10.2. The lowest BCUT2D eigenvalue weighted by molar-refractivity contribution is 0.191. The first-order valence-corrected chi connectivity index (χ1v) is 6.21. The zero-order valence-electron chi connectivity index (χ0n) is 11.0. The smallest absolute Gasteiger partial charge is 0.165 e. The van der Waals surface area contributed by atoms with Crippen LogP contribution in [-0.4, -0.2) is 40.0 Å². The van der Waals surface area contributed by atoms with Gasteiger partial charge in [-0.15, -0.1) is 5.10 Å². The molecule has 0 radical (unpaired) electrons. The quantitative estimate of drug-likeness (QED) is 0.653. The van der Waals surface area contributed by atoms with Crippen LogP contribution in [0.15, 0.2) is 0 Å². The number of aryl methyl sites for hydroxylation is 1. The van der Waals surface area contributed by atoms with E-state index in [1.165, 1.54) is 0 Å². The second kappa shape index (κ2) is 8.14. The van der Waals surface area contributed by atoms with E-state index in [0.29, 0.717) is 6.04 Å². The van der Waals surface area contributed by atoms with Crippen molar-refractivity contribution in [1.82, 2.24) is 25.5 Å². The molecule has 6 nitrogen and oxygen atoms in total. The fourth-order valence-electron chi connectivity index (χ4n) is 1.50. The largest absolute Gasteiger partial charge is 0.385 e. The monoisotopic (exact) mass is 241 g/mol. The molecule has 0 atom stereocenters. The zero-order chi connectivity index (χ0) is 12.5. The topological polar surface area (TPSA) is 64.9 Å². The summed E-state index contributed by atoms with van der Waals surface area (Å²) < 4.78 is 6.89. The third-order valence-corrected chi connectivity index (χ3v) is 2.49. The standard InChI is InChI=1S/C11H23N5O/c1-10(2)12-9-11-13-14-15-16(11)7-5-4-6-8-17-3/h10,12H,4-9H2,1-3H3. The number of nitrogens with one attached hydrogen (secondary N) is 1. The van der Waals surface area contributed by atoms with Gasteiger partial charge in [-0.3, -0.25) is 0 Å². The first-order valence-electron chi connectivity index (χ1n) is 6.21. The molecule has 1 heterocycles. The maximum absolute atomic E-state index is 5.01. The molecule has 98 valence electrons. The molecule has 6 heteroatoms. The van der Waals surface area contributed by atoms with Crippen LogP contribution in [0.3, 0.4) is 0 Å². The highest BCUT2D eigenvalue weighted by Gasteiger charge is 2.05. The molecule has 0 fully saturated rings. The maximum Gasteiger partial charge on any atom is 0.165 e. The van der Waals surface area contributed by atoms with E-state index in [1.54, 1.807) is 7.11 Å². The molecular weight excluding hydrogens is 218 g/mol. The molecule has 1 rings (SSSR count). The van der Waals surface area contributed by atoms with Gasteiger partial charge in [0.25, 0.3) is 0 Å². The van der Waals surface area contributed by atoms with E-state index in [1.807, 2.05) is 4.68 Å². The number of ether oxygens (including phenoxy) is 1. The minimum absolute atomic E-state index is 0.446. The molecule has 0 aromatic carbocycles. The molecule has 0 amide bonds. The molecule has 0 aliphatic rings. The summed E-state index contributed by atoms with van der Waals surface area (Å²) in [4.78, 5) is 0. The Bertz CT molecular complexity index is 300. The number of aromatic nitrogens is 4. The lowest BCUT2D eigenvalue weighted by Crippen LogP contribution is -2.24. The molecule has 0 spiro atoms. The van der Waals surface area contributed by atoms with Gasteiger partial charge in [-0.05, 0) is 29.7 Å². The summed E-state index contributed by atoms with van der Waals surface area (Å²) in [6, 6.07) is 0.446. The molecule has 0 bridgehead atoms. The molecule has 1 aromatic rings. The predicted molar refractivity (Wildman–Crippen MR) is 65.5 cm³/mol. The van der Waals surface area contributed by atoms with Crippen molar-refractivity contribution in [3.8, 4) is 0 Å². The van der Waals surface area contributed by atoms with Gasteiger partial charge >= 0.3 is 0 Å². The van der Waals surface area contributed by atoms with E-state index < -0.39 is 0 Å². The Kier molecular flexibility index (Phi) is 6.73. The van der Waals surface area contributed by atoms with Crippen LogP contribution in [0.1, 0.15) is 38.9 Å². The summed E-state index contributed by atoms with van der Waals surface area (Å²) in [5, 5.41) is 15.0. The van der Waals surface area contributed by atoms with E-state index in [0.717, 1.165) is 44.8 Å². The van der Waals surface area contributed by atoms with Gasteiger partial charge in [-0.2, -0.15) is 0 Å². The average molecular weight is 241 g/mol. The SMILES string of the molecule is COCCCCCn1nnnc1CNC(C)C. The van der Waals surface area contributed by atoms with Gasteiger partial charge in [0, 0.05) is 26.3 Å². The minimum Gasteiger partial charge on any atom is -0.385 e. The van der Waals surface area contributed by atoms with Crippen molar-refractivity contribution in [2.75, 3.05) is 13.7 Å². The fourth-order valence-corrected chi connectivity index (χ4v) is 1.50. The van der Waals surface area contributed by atoms with Crippen molar-refractivity contribution in [2.24, 2.45) is 0 Å². The molecule has 17 heavy (non-hydrogen) atoms. The summed E-state index contributed by atoms with van der Waals surface area (Å²) in [7, 11) is 1.73. The molecule has 0 aliphatic carbocycles. The Balaban J connectivity index is 2.25. The highest BCUT2D eigenvalue weighted by Crippen LogP contribution is 2.00. The second-order valence-corrected chi connectivity index (χ2v) is 4.41. The highest BCUT2D eigenvalue weighted by molar-refractivity contribution is 4.80. The summed E-state index contributed by atoms with van der Waals surface area (Å²) >= 11 is 0. The van der Waals surface area contributed by atoms with Crippen molar-refractivity contribution < 1.29 is 4.74 Å². The van der Waals surface area contributed by atoms with Crippen molar-refractivity contribution in [3.63, 3.8) is 0 Å². The van der Waals surface area contributed by atoms with Gasteiger partial charge in [0.2, 0.25) is 0 Å². The third kappa shape index (κ3) is 5.74. The predicted octanol–water partition coefficient (Wildman–Crippen LogP) is 0.988. The van der Waals surface area contributed by atoms with Crippen molar-refractivity contribution >= 4 is 0 Å². The molecule has 0 unspecified atom stereocenters. The molecule has 0 aliphatic heterocycles. The van der Waals surface area contributed by atoms with E-state index in [4.69, 9.17) is 4.74 Å². The summed E-state index contributed by atoms with van der Waals surface area (Å²) in [5.74, 6) is 0.908. The number of methoxy groups -OCH3 is 1. The van der Waals surface area contributed by atoms with Crippen LogP contribution in [0.4, 0.5) is 0 Å². The lowest BCUT2D eigenvalue weighted by Gasteiger charge is -2.08. The van der Waals surface area contributed by atoms with Crippen molar-refractivity contribution in [1.29, 1.82) is 0 Å². The normalized spacial score (nSPS) is 11.3. The van der Waals surface area contributed by atoms with Crippen LogP contribution < -0.4 is 5.32 Å². The van der Waals surface area contributed by atoms with Crippen LogP contribution in [0, 0.1) is 0 Å². The van der Waals surface area contributed by atoms with E-state index in [2.05, 4.69) is 34.7 Å². The van der Waals surface area contributed by atoms with Gasteiger partial charge < -0.3 is 10.1 Å². The van der Waals surface area contributed by atoms with E-state index >= 15 is 0 Å². The number of rotatable bonds is 9. The second-order valence-electron chi connectivity index (χ2n) is 4.41. The summed E-state index contributed by atoms with van der Waals surface area (Å²) in [6.07, 6.45) is 3.33. The number of unbranched alkanes of at least 4 members (excludes halogenated alkanes) is 2. The Morgan fingerprint density at radius 3 is 2.82 bits per heavy atom. The average Bonchev–Trinajstić information content (AvgIpc) is 2.73. The van der Waals surface area contributed by atoms with E-state index in [9.17, 15) is 0 Å². The Hall–Kier alpha value is -1.01. The first kappa shape index (κ1) is 14.1. The van der Waals surface area contributed by atoms with Crippen LogP contribution >= 0.6 is 0 Å². The van der Waals surface area contributed by atoms with Gasteiger partial charge in [-0.25, -0.2) is 4.68 Å². The fraction of sp³-hybridized carbons (Fsp3) is 0.909. The van der Waals surface area contributed by atoms with Crippen LogP contribution in [0.2, 0.25) is 0 Å². The van der Waals surface area contributed by atoms with E-state index in [-0.39, 0.29) is 0 Å². The Morgan fingerprint density at radius 2 is 2.12 bits per heavy atom. The summed E-state index contributed by atoms with van der Waals surface area (Å²) in [5.41, 5.74) is 0. The summed E-state index contributed by atoms with van der Waals surface area (Å²) in [6.45, 7) is 6.66. The maximum atomic E-state index is 5.01. The number of hydrogen-bond acceptors (Lipinski definition) is 5. The zero-order valence-corrected chi connectivity index (χ0v) is 11.0.